The number of hydrogen-bond donors (Lipinski definition) is 1. The second-order valence-corrected chi connectivity index (χ2v) is 4.08. The second-order valence-electron chi connectivity index (χ2n) is 4.08. The van der Waals surface area contributed by atoms with Gasteiger partial charge < -0.3 is 10.0 Å². The van der Waals surface area contributed by atoms with Crippen molar-refractivity contribution >= 4 is 17.6 Å². The number of rotatable bonds is 5. The molecule has 0 saturated carbocycles. The smallest absolute Gasteiger partial charge is 0.323 e. The van der Waals surface area contributed by atoms with Crippen LogP contribution in [0.5, 0.6) is 0 Å². The molecule has 19 heavy (non-hydrogen) atoms. The molecule has 0 saturated heterocycles. The molecule has 9 nitrogen and oxygen atoms in total. The lowest BCUT2D eigenvalue weighted by atomic mass is 10.3. The number of carbonyl (C=O) groups is 2. The van der Waals surface area contributed by atoms with Gasteiger partial charge in [0.25, 0.3) is 0 Å². The van der Waals surface area contributed by atoms with Crippen LogP contribution >= 0.6 is 0 Å². The standard InChI is InChI=1S/C10H14N4O5/c1-6-10(14(18)19)7(2)13(11-6)4-8(15)12(3)5-9(16)17/h4-5H2,1-3H3,(H,16,17). The van der Waals surface area contributed by atoms with Gasteiger partial charge in [0.1, 0.15) is 24.5 Å². The Labute approximate surface area is 108 Å². The second kappa shape index (κ2) is 5.46. The van der Waals surface area contributed by atoms with Gasteiger partial charge in [-0.25, -0.2) is 0 Å². The fourth-order valence-electron chi connectivity index (χ4n) is 1.65. The molecule has 0 aliphatic rings. The van der Waals surface area contributed by atoms with Crippen molar-refractivity contribution in [1.29, 1.82) is 0 Å². The number of amides is 1. The molecule has 1 heterocycles. The van der Waals surface area contributed by atoms with E-state index in [2.05, 4.69) is 5.10 Å². The van der Waals surface area contributed by atoms with Crippen LogP contribution in [0.1, 0.15) is 11.4 Å². The lowest BCUT2D eigenvalue weighted by molar-refractivity contribution is -0.386. The zero-order valence-electron chi connectivity index (χ0n) is 10.8. The highest BCUT2D eigenvalue weighted by Gasteiger charge is 2.23. The number of hydrogen-bond acceptors (Lipinski definition) is 5. The highest BCUT2D eigenvalue weighted by Crippen LogP contribution is 2.21. The predicted molar refractivity (Wildman–Crippen MR) is 63.6 cm³/mol. The van der Waals surface area contributed by atoms with E-state index in [1.807, 2.05) is 0 Å². The molecule has 0 radical (unpaired) electrons. The maximum Gasteiger partial charge on any atom is 0.323 e. The van der Waals surface area contributed by atoms with E-state index in [1.54, 1.807) is 0 Å². The molecule has 0 aliphatic heterocycles. The topological polar surface area (TPSA) is 119 Å². The summed E-state index contributed by atoms with van der Waals surface area (Å²) in [6.45, 7) is 2.31. The first-order valence-electron chi connectivity index (χ1n) is 5.38. The van der Waals surface area contributed by atoms with Crippen molar-refractivity contribution in [3.05, 3.63) is 21.5 Å². The minimum Gasteiger partial charge on any atom is -0.480 e. The SMILES string of the molecule is Cc1nn(CC(=O)N(C)CC(=O)O)c(C)c1[N+](=O)[O-]. The van der Waals surface area contributed by atoms with Crippen molar-refractivity contribution in [3.63, 3.8) is 0 Å². The first kappa shape index (κ1) is 14.6. The largest absolute Gasteiger partial charge is 0.480 e. The molecule has 1 aromatic rings. The summed E-state index contributed by atoms with van der Waals surface area (Å²) >= 11 is 0. The van der Waals surface area contributed by atoms with Crippen LogP contribution in [0, 0.1) is 24.0 Å². The zero-order valence-corrected chi connectivity index (χ0v) is 10.8. The van der Waals surface area contributed by atoms with Crippen molar-refractivity contribution in [2.45, 2.75) is 20.4 Å². The Morgan fingerprint density at radius 2 is 2.05 bits per heavy atom. The zero-order chi connectivity index (χ0) is 14.7. The number of aromatic nitrogens is 2. The van der Waals surface area contributed by atoms with Crippen molar-refractivity contribution in [2.24, 2.45) is 0 Å². The Hall–Kier alpha value is -2.45. The molecule has 1 N–H and O–H groups in total. The van der Waals surface area contributed by atoms with Gasteiger partial charge in [0, 0.05) is 7.05 Å². The average molecular weight is 270 g/mol. The van der Waals surface area contributed by atoms with Gasteiger partial charge in [0.15, 0.2) is 0 Å². The molecule has 104 valence electrons. The van der Waals surface area contributed by atoms with Gasteiger partial charge in [-0.05, 0) is 13.8 Å². The van der Waals surface area contributed by atoms with Crippen LogP contribution in [0.2, 0.25) is 0 Å². The van der Waals surface area contributed by atoms with Gasteiger partial charge >= 0.3 is 11.7 Å². The highest BCUT2D eigenvalue weighted by atomic mass is 16.6. The van der Waals surface area contributed by atoms with E-state index >= 15 is 0 Å². The van der Waals surface area contributed by atoms with E-state index in [0.717, 1.165) is 4.90 Å². The molecular formula is C10H14N4O5. The average Bonchev–Trinajstić information content (AvgIpc) is 2.52. The number of nitro groups is 1. The Kier molecular flexibility index (Phi) is 4.20. The molecule has 1 amide bonds. The Bertz CT molecular complexity index is 536. The Morgan fingerprint density at radius 3 is 2.47 bits per heavy atom. The summed E-state index contributed by atoms with van der Waals surface area (Å²) in [6, 6.07) is 0. The van der Waals surface area contributed by atoms with Gasteiger partial charge in [-0.15, -0.1) is 0 Å². The lowest BCUT2D eigenvalue weighted by Gasteiger charge is -2.14. The van der Waals surface area contributed by atoms with Crippen molar-refractivity contribution in [3.8, 4) is 0 Å². The molecule has 1 aromatic heterocycles. The summed E-state index contributed by atoms with van der Waals surface area (Å²) < 4.78 is 1.20. The number of carboxylic acid groups (broad SMARTS) is 1. The van der Waals surface area contributed by atoms with Crippen LogP contribution in [-0.2, 0) is 16.1 Å². The number of carboxylic acids is 1. The van der Waals surface area contributed by atoms with E-state index in [-0.39, 0.29) is 23.6 Å². The third-order valence-corrected chi connectivity index (χ3v) is 2.61. The van der Waals surface area contributed by atoms with Gasteiger partial charge in [-0.2, -0.15) is 5.10 Å². The predicted octanol–water partition coefficient (Wildman–Crippen LogP) is -0.0489. The van der Waals surface area contributed by atoms with Crippen LogP contribution in [-0.4, -0.2) is 50.2 Å². The van der Waals surface area contributed by atoms with E-state index < -0.39 is 23.3 Å². The molecule has 0 spiro atoms. The number of aryl methyl sites for hydroxylation is 1. The van der Waals surface area contributed by atoms with E-state index in [1.165, 1.54) is 25.6 Å². The lowest BCUT2D eigenvalue weighted by Crippen LogP contribution is -2.34. The van der Waals surface area contributed by atoms with Crippen molar-refractivity contribution < 1.29 is 19.6 Å². The maximum atomic E-state index is 11.7. The van der Waals surface area contributed by atoms with Crippen LogP contribution < -0.4 is 0 Å². The van der Waals surface area contributed by atoms with E-state index in [4.69, 9.17) is 5.11 Å². The minimum absolute atomic E-state index is 0.131. The molecule has 0 unspecified atom stereocenters. The molecular weight excluding hydrogens is 256 g/mol. The van der Waals surface area contributed by atoms with Gasteiger partial charge in [-0.1, -0.05) is 0 Å². The first-order valence-corrected chi connectivity index (χ1v) is 5.38. The number of likely N-dealkylation sites (N-methyl/N-ethyl adjacent to an activating group) is 1. The van der Waals surface area contributed by atoms with E-state index in [9.17, 15) is 19.7 Å². The van der Waals surface area contributed by atoms with Crippen molar-refractivity contribution in [2.75, 3.05) is 13.6 Å². The normalized spacial score (nSPS) is 10.3. The Balaban J connectivity index is 2.89. The molecule has 9 heteroatoms. The summed E-state index contributed by atoms with van der Waals surface area (Å²) in [5.74, 6) is -1.61. The van der Waals surface area contributed by atoms with Gasteiger partial charge in [0.05, 0.1) is 4.92 Å². The third kappa shape index (κ3) is 3.27. The maximum absolute atomic E-state index is 11.7. The Morgan fingerprint density at radius 1 is 1.47 bits per heavy atom. The van der Waals surface area contributed by atoms with E-state index in [0.29, 0.717) is 0 Å². The molecule has 0 aromatic carbocycles. The summed E-state index contributed by atoms with van der Waals surface area (Å²) in [6.07, 6.45) is 0. The summed E-state index contributed by atoms with van der Waals surface area (Å²) in [7, 11) is 1.34. The molecule has 0 aliphatic carbocycles. The quantitative estimate of drug-likeness (QED) is 0.592. The number of nitrogens with zero attached hydrogens (tertiary/aromatic N) is 4. The van der Waals surface area contributed by atoms with Crippen molar-refractivity contribution in [1.82, 2.24) is 14.7 Å². The fourth-order valence-corrected chi connectivity index (χ4v) is 1.65. The van der Waals surface area contributed by atoms with Crippen LogP contribution in [0.15, 0.2) is 0 Å². The fraction of sp³-hybridized carbons (Fsp3) is 0.500. The molecule has 0 bridgehead atoms. The van der Waals surface area contributed by atoms with Gasteiger partial charge in [-0.3, -0.25) is 24.4 Å². The monoisotopic (exact) mass is 270 g/mol. The first-order chi connectivity index (χ1) is 8.73. The minimum atomic E-state index is -1.13. The van der Waals surface area contributed by atoms with Gasteiger partial charge in [0.2, 0.25) is 5.91 Å². The molecule has 0 fully saturated rings. The number of aliphatic carboxylic acids is 1. The van der Waals surface area contributed by atoms with Crippen LogP contribution in [0.4, 0.5) is 5.69 Å². The van der Waals surface area contributed by atoms with Crippen LogP contribution in [0.3, 0.4) is 0 Å². The summed E-state index contributed by atoms with van der Waals surface area (Å²) in [5, 5.41) is 23.3. The third-order valence-electron chi connectivity index (χ3n) is 2.61. The summed E-state index contributed by atoms with van der Waals surface area (Å²) in [4.78, 5) is 33.5. The highest BCUT2D eigenvalue weighted by molar-refractivity contribution is 5.81. The molecule has 1 rings (SSSR count). The molecule has 0 atom stereocenters. The summed E-state index contributed by atoms with van der Waals surface area (Å²) in [5.41, 5.74) is 0.351. The van der Waals surface area contributed by atoms with Crippen LogP contribution in [0.25, 0.3) is 0 Å². The number of carbonyl (C=O) groups excluding carboxylic acids is 1.